The molecule has 130 valence electrons. The zero-order valence-corrected chi connectivity index (χ0v) is 14.4. The molecule has 1 aliphatic heterocycles. The Kier molecular flexibility index (Phi) is 4.83. The van der Waals surface area contributed by atoms with Gasteiger partial charge >= 0.3 is 0 Å². The van der Waals surface area contributed by atoms with E-state index in [2.05, 4.69) is 22.0 Å². The predicted octanol–water partition coefficient (Wildman–Crippen LogP) is 4.66. The lowest BCUT2D eigenvalue weighted by atomic mass is 10.2. The monoisotopic (exact) mass is 344 g/mol. The number of para-hydroxylation sites is 3. The van der Waals surface area contributed by atoms with Crippen molar-refractivity contribution in [3.05, 3.63) is 91.0 Å². The molecule has 0 aliphatic carbocycles. The highest BCUT2D eigenvalue weighted by Gasteiger charge is 2.33. The fourth-order valence-electron chi connectivity index (χ4n) is 2.91. The average Bonchev–Trinajstić information content (AvgIpc) is 3.11. The number of nitrogens with zero attached hydrogens (tertiary/aromatic N) is 2. The van der Waals surface area contributed by atoms with E-state index in [0.717, 1.165) is 17.1 Å². The fourth-order valence-corrected chi connectivity index (χ4v) is 2.91. The first-order valence-corrected chi connectivity index (χ1v) is 8.69. The molecule has 1 heterocycles. The molecule has 0 saturated carbocycles. The van der Waals surface area contributed by atoms with Crippen LogP contribution in [0.15, 0.2) is 96.0 Å². The molecule has 3 aromatic carbocycles. The first-order chi connectivity index (χ1) is 12.9. The van der Waals surface area contributed by atoms with Crippen LogP contribution in [0.2, 0.25) is 0 Å². The van der Waals surface area contributed by atoms with Crippen molar-refractivity contribution in [3.63, 3.8) is 0 Å². The summed E-state index contributed by atoms with van der Waals surface area (Å²) in [6.07, 6.45) is 0. The van der Waals surface area contributed by atoms with Gasteiger partial charge < -0.3 is 9.47 Å². The van der Waals surface area contributed by atoms with Crippen LogP contribution in [0.25, 0.3) is 0 Å². The van der Waals surface area contributed by atoms with E-state index in [1.54, 1.807) is 0 Å². The van der Waals surface area contributed by atoms with Crippen molar-refractivity contribution in [2.45, 2.75) is 6.04 Å². The van der Waals surface area contributed by atoms with Gasteiger partial charge in [0.15, 0.2) is 0 Å². The molecule has 1 atom stereocenters. The maximum atomic E-state index is 5.96. The minimum atomic E-state index is 0.0556. The average molecular weight is 344 g/mol. The third-order valence-corrected chi connectivity index (χ3v) is 4.18. The molecule has 1 saturated heterocycles. The number of hydrogen-bond acceptors (Lipinski definition) is 3. The van der Waals surface area contributed by atoms with Gasteiger partial charge in [0.2, 0.25) is 0 Å². The summed E-state index contributed by atoms with van der Waals surface area (Å²) >= 11 is 0. The molecule has 4 rings (SSSR count). The smallest absolute Gasteiger partial charge is 0.297 e. The van der Waals surface area contributed by atoms with Gasteiger partial charge in [-0.15, -0.1) is 0 Å². The number of aliphatic imine (C=N–C) groups is 1. The number of anilines is 1. The quantitative estimate of drug-likeness (QED) is 0.675. The highest BCUT2D eigenvalue weighted by Crippen LogP contribution is 2.25. The summed E-state index contributed by atoms with van der Waals surface area (Å²) in [4.78, 5) is 6.79. The van der Waals surface area contributed by atoms with Crippen molar-refractivity contribution >= 4 is 17.4 Å². The molecule has 0 aromatic heterocycles. The van der Waals surface area contributed by atoms with E-state index in [1.165, 1.54) is 0 Å². The van der Waals surface area contributed by atoms with Crippen molar-refractivity contribution in [2.24, 2.45) is 4.99 Å². The molecular formula is C22H20N2O2. The van der Waals surface area contributed by atoms with Crippen LogP contribution in [-0.4, -0.2) is 25.3 Å². The highest BCUT2D eigenvalue weighted by atomic mass is 16.5. The summed E-state index contributed by atoms with van der Waals surface area (Å²) in [5.74, 6) is 0.856. The van der Waals surface area contributed by atoms with Crippen LogP contribution >= 0.6 is 0 Å². The molecule has 4 nitrogen and oxygen atoms in total. The van der Waals surface area contributed by atoms with Crippen molar-refractivity contribution in [1.82, 2.24) is 0 Å². The van der Waals surface area contributed by atoms with E-state index in [9.17, 15) is 0 Å². The standard InChI is InChI=1S/C22H20N2O2/c1-4-10-18(11-5-1)23-22-24(19-12-6-2-7-13-19)20(17-26-22)16-25-21-14-8-3-9-15-21/h1-15,20H,16-17H2. The molecule has 0 spiro atoms. The maximum absolute atomic E-state index is 5.96. The molecule has 1 fully saturated rings. The van der Waals surface area contributed by atoms with Crippen LogP contribution in [0.5, 0.6) is 5.75 Å². The first-order valence-electron chi connectivity index (χ1n) is 8.69. The normalized spacial score (nSPS) is 17.9. The Morgan fingerprint density at radius 3 is 2.15 bits per heavy atom. The van der Waals surface area contributed by atoms with Gasteiger partial charge in [-0.2, -0.15) is 4.99 Å². The second kappa shape index (κ2) is 7.74. The van der Waals surface area contributed by atoms with Crippen LogP contribution in [0.4, 0.5) is 11.4 Å². The fraction of sp³-hybridized carbons (Fsp3) is 0.136. The van der Waals surface area contributed by atoms with E-state index in [-0.39, 0.29) is 6.04 Å². The molecule has 4 heteroatoms. The zero-order valence-electron chi connectivity index (χ0n) is 14.4. The summed E-state index contributed by atoms with van der Waals surface area (Å²) in [6, 6.07) is 30.5. The maximum Gasteiger partial charge on any atom is 0.297 e. The molecule has 1 aliphatic rings. The van der Waals surface area contributed by atoms with Gasteiger partial charge in [0.1, 0.15) is 25.0 Å². The van der Waals surface area contributed by atoms with Gasteiger partial charge in [-0.1, -0.05) is 54.6 Å². The Hall–Kier alpha value is -3.27. The Bertz CT molecular complexity index is 851. The minimum absolute atomic E-state index is 0.0556. The van der Waals surface area contributed by atoms with Crippen LogP contribution in [-0.2, 0) is 4.74 Å². The Balaban J connectivity index is 1.59. The van der Waals surface area contributed by atoms with Gasteiger partial charge in [-0.05, 0) is 36.4 Å². The van der Waals surface area contributed by atoms with Crippen molar-refractivity contribution in [3.8, 4) is 5.75 Å². The van der Waals surface area contributed by atoms with Gasteiger partial charge in [0.05, 0.1) is 5.69 Å². The summed E-state index contributed by atoms with van der Waals surface area (Å²) in [7, 11) is 0. The second-order valence-corrected chi connectivity index (χ2v) is 6.02. The lowest BCUT2D eigenvalue weighted by Crippen LogP contribution is -2.38. The van der Waals surface area contributed by atoms with Crippen LogP contribution in [0.1, 0.15) is 0 Å². The number of benzene rings is 3. The first kappa shape index (κ1) is 16.2. The van der Waals surface area contributed by atoms with Gasteiger partial charge in [-0.3, -0.25) is 4.90 Å². The lowest BCUT2D eigenvalue weighted by molar-refractivity contribution is 0.251. The molecule has 0 amide bonds. The van der Waals surface area contributed by atoms with Crippen LogP contribution < -0.4 is 9.64 Å². The van der Waals surface area contributed by atoms with Crippen LogP contribution in [0.3, 0.4) is 0 Å². The van der Waals surface area contributed by atoms with Gasteiger partial charge in [0, 0.05) is 5.69 Å². The van der Waals surface area contributed by atoms with Gasteiger partial charge in [0.25, 0.3) is 6.02 Å². The molecule has 0 bridgehead atoms. The summed E-state index contributed by atoms with van der Waals surface area (Å²) in [6.45, 7) is 1.06. The predicted molar refractivity (Wildman–Crippen MR) is 104 cm³/mol. The third kappa shape index (κ3) is 3.70. The largest absolute Gasteiger partial charge is 0.491 e. The van der Waals surface area contributed by atoms with Crippen molar-refractivity contribution < 1.29 is 9.47 Å². The summed E-state index contributed by atoms with van der Waals surface area (Å²) in [5.41, 5.74) is 1.91. The molecule has 0 radical (unpaired) electrons. The SMILES string of the molecule is c1ccc(N=C2OCC(COc3ccccc3)N2c2ccccc2)cc1. The van der Waals surface area contributed by atoms with Gasteiger partial charge in [-0.25, -0.2) is 0 Å². The third-order valence-electron chi connectivity index (χ3n) is 4.18. The lowest BCUT2D eigenvalue weighted by Gasteiger charge is -2.23. The Labute approximate surface area is 153 Å². The molecular weight excluding hydrogens is 324 g/mol. The van der Waals surface area contributed by atoms with Crippen molar-refractivity contribution in [1.29, 1.82) is 0 Å². The molecule has 26 heavy (non-hydrogen) atoms. The molecule has 1 unspecified atom stereocenters. The molecule has 3 aromatic rings. The van der Waals surface area contributed by atoms with Crippen molar-refractivity contribution in [2.75, 3.05) is 18.1 Å². The number of hydrogen-bond donors (Lipinski definition) is 0. The Morgan fingerprint density at radius 1 is 0.846 bits per heavy atom. The second-order valence-electron chi connectivity index (χ2n) is 6.02. The van der Waals surface area contributed by atoms with E-state index >= 15 is 0 Å². The number of ether oxygens (including phenoxy) is 2. The summed E-state index contributed by atoms with van der Waals surface area (Å²) < 4.78 is 11.9. The Morgan fingerprint density at radius 2 is 1.46 bits per heavy atom. The zero-order chi connectivity index (χ0) is 17.6. The number of amidine groups is 1. The van der Waals surface area contributed by atoms with E-state index in [1.807, 2.05) is 78.9 Å². The highest BCUT2D eigenvalue weighted by molar-refractivity contribution is 5.95. The van der Waals surface area contributed by atoms with E-state index in [4.69, 9.17) is 9.47 Å². The summed E-state index contributed by atoms with van der Waals surface area (Å²) in [5, 5.41) is 0. The van der Waals surface area contributed by atoms with Crippen LogP contribution in [0, 0.1) is 0 Å². The topological polar surface area (TPSA) is 34.1 Å². The van der Waals surface area contributed by atoms with E-state index < -0.39 is 0 Å². The number of rotatable bonds is 5. The van der Waals surface area contributed by atoms with E-state index in [0.29, 0.717) is 19.2 Å². The minimum Gasteiger partial charge on any atom is -0.491 e. The molecule has 0 N–H and O–H groups in total.